The minimum absolute atomic E-state index is 0.104. The lowest BCUT2D eigenvalue weighted by atomic mass is 9.94. The lowest BCUT2D eigenvalue weighted by Crippen LogP contribution is -2.47. The van der Waals surface area contributed by atoms with Gasteiger partial charge in [-0.2, -0.15) is 15.4 Å². The van der Waals surface area contributed by atoms with E-state index in [1.165, 1.54) is 6.42 Å². The molecule has 140 valence electrons. The average molecular weight is 365 g/mol. The monoisotopic (exact) mass is 365 g/mol. The number of aromatic amines is 2. The van der Waals surface area contributed by atoms with Gasteiger partial charge in [0.25, 0.3) is 5.91 Å². The number of nitrogens with zero attached hydrogens (tertiary/aromatic N) is 5. The average Bonchev–Trinajstić information content (AvgIpc) is 3.20. The summed E-state index contributed by atoms with van der Waals surface area (Å²) in [6.45, 7) is 5.66. The van der Waals surface area contributed by atoms with E-state index in [1.54, 1.807) is 6.33 Å². The third-order valence-electron chi connectivity index (χ3n) is 5.92. The number of carbonyl (C=O) groups excluding carboxylic acids is 1. The van der Waals surface area contributed by atoms with Crippen LogP contribution in [0.1, 0.15) is 34.6 Å². The Balaban J connectivity index is 1.36. The molecule has 0 unspecified atom stereocenters. The molecule has 0 radical (unpaired) electrons. The quantitative estimate of drug-likeness (QED) is 0.737. The first-order valence-electron chi connectivity index (χ1n) is 9.50. The second-order valence-electron chi connectivity index (χ2n) is 7.75. The number of aromatic nitrogens is 5. The third kappa shape index (κ3) is 2.99. The standard InChI is InChI=1S/C19H23N7O/c1-12-18(21-11-20-12)10-25-7-13-2-4-15(9-25)26(8-13)19(27)14-3-5-16-17(6-14)23-24-22-16/h3,5-6,11,13,15H,2,4,7-10H2,1H3,(H,20,21)(H,22,23,24)/t13-,15+/m0/s1. The molecule has 3 saturated heterocycles. The largest absolute Gasteiger partial charge is 0.348 e. The van der Waals surface area contributed by atoms with Gasteiger partial charge in [0.1, 0.15) is 11.0 Å². The van der Waals surface area contributed by atoms with Crippen molar-refractivity contribution >= 4 is 16.9 Å². The fourth-order valence-corrected chi connectivity index (χ4v) is 4.45. The van der Waals surface area contributed by atoms with Gasteiger partial charge in [-0.25, -0.2) is 4.98 Å². The van der Waals surface area contributed by atoms with E-state index in [0.717, 1.165) is 55.0 Å². The molecule has 27 heavy (non-hydrogen) atoms. The summed E-state index contributed by atoms with van der Waals surface area (Å²) in [5.41, 5.74) is 4.44. The molecule has 3 aromatic rings. The first kappa shape index (κ1) is 16.4. The number of fused-ring (bicyclic) bond motifs is 5. The molecule has 3 aliphatic rings. The summed E-state index contributed by atoms with van der Waals surface area (Å²) in [5.74, 6) is 0.620. The Morgan fingerprint density at radius 3 is 2.93 bits per heavy atom. The van der Waals surface area contributed by atoms with Gasteiger partial charge < -0.3 is 9.88 Å². The SMILES string of the molecule is Cc1[nH]cnc1CN1C[C@@H]2CC[C@H](C1)N(C(=O)c1ccc3n[nH]nc3c1)C2. The normalized spacial score (nSPS) is 23.1. The number of rotatable bonds is 3. The van der Waals surface area contributed by atoms with Gasteiger partial charge in [0.05, 0.1) is 12.0 Å². The van der Waals surface area contributed by atoms with Gasteiger partial charge in [0, 0.05) is 43.5 Å². The zero-order chi connectivity index (χ0) is 18.4. The highest BCUT2D eigenvalue weighted by molar-refractivity contribution is 5.97. The smallest absolute Gasteiger partial charge is 0.254 e. The van der Waals surface area contributed by atoms with E-state index in [4.69, 9.17) is 0 Å². The summed E-state index contributed by atoms with van der Waals surface area (Å²) in [6.07, 6.45) is 4.01. The Morgan fingerprint density at radius 1 is 1.19 bits per heavy atom. The first-order valence-corrected chi connectivity index (χ1v) is 9.50. The highest BCUT2D eigenvalue weighted by atomic mass is 16.2. The van der Waals surface area contributed by atoms with Crippen molar-refractivity contribution in [2.24, 2.45) is 5.92 Å². The van der Waals surface area contributed by atoms with Crippen molar-refractivity contribution < 1.29 is 4.79 Å². The van der Waals surface area contributed by atoms with E-state index in [-0.39, 0.29) is 11.9 Å². The van der Waals surface area contributed by atoms with Crippen molar-refractivity contribution in [2.45, 2.75) is 32.4 Å². The van der Waals surface area contributed by atoms with Crippen LogP contribution in [0.4, 0.5) is 0 Å². The van der Waals surface area contributed by atoms with E-state index in [2.05, 4.69) is 42.1 Å². The van der Waals surface area contributed by atoms with Crippen LogP contribution in [-0.4, -0.2) is 66.8 Å². The van der Waals surface area contributed by atoms with Crippen LogP contribution < -0.4 is 0 Å². The van der Waals surface area contributed by atoms with Gasteiger partial charge in [-0.15, -0.1) is 0 Å². The van der Waals surface area contributed by atoms with Crippen LogP contribution in [-0.2, 0) is 6.54 Å². The molecule has 0 aliphatic carbocycles. The van der Waals surface area contributed by atoms with Crippen LogP contribution in [0.2, 0.25) is 0 Å². The Kier molecular flexibility index (Phi) is 3.93. The topological polar surface area (TPSA) is 93.8 Å². The summed E-state index contributed by atoms with van der Waals surface area (Å²) in [7, 11) is 0. The number of nitrogens with one attached hydrogen (secondary N) is 2. The van der Waals surface area contributed by atoms with Gasteiger partial charge in [-0.05, 0) is 43.9 Å². The molecule has 8 heteroatoms. The van der Waals surface area contributed by atoms with Crippen molar-refractivity contribution in [2.75, 3.05) is 19.6 Å². The molecule has 1 amide bonds. The van der Waals surface area contributed by atoms with Crippen LogP contribution in [0.25, 0.3) is 11.0 Å². The minimum atomic E-state index is 0.104. The molecule has 8 nitrogen and oxygen atoms in total. The highest BCUT2D eigenvalue weighted by Crippen LogP contribution is 2.30. The summed E-state index contributed by atoms with van der Waals surface area (Å²) in [5, 5.41) is 10.8. The molecular weight excluding hydrogens is 342 g/mol. The van der Waals surface area contributed by atoms with E-state index in [1.807, 2.05) is 18.2 Å². The van der Waals surface area contributed by atoms with Gasteiger partial charge in [-0.1, -0.05) is 0 Å². The number of H-pyrrole nitrogens is 2. The molecule has 1 aromatic carbocycles. The molecule has 0 saturated carbocycles. The number of amides is 1. The predicted octanol–water partition coefficient (Wildman–Crippen LogP) is 1.73. The van der Waals surface area contributed by atoms with Crippen LogP contribution in [0.3, 0.4) is 0 Å². The Bertz CT molecular complexity index is 977. The van der Waals surface area contributed by atoms with E-state index in [9.17, 15) is 4.79 Å². The maximum atomic E-state index is 13.2. The van der Waals surface area contributed by atoms with Crippen LogP contribution in [0, 0.1) is 12.8 Å². The number of hydrogen-bond donors (Lipinski definition) is 2. The molecule has 3 fully saturated rings. The van der Waals surface area contributed by atoms with E-state index in [0.29, 0.717) is 11.5 Å². The van der Waals surface area contributed by atoms with E-state index >= 15 is 0 Å². The molecule has 6 rings (SSSR count). The lowest BCUT2D eigenvalue weighted by molar-refractivity contribution is 0.0585. The van der Waals surface area contributed by atoms with E-state index < -0.39 is 0 Å². The number of aryl methyl sites for hydroxylation is 1. The number of carbonyl (C=O) groups is 1. The summed E-state index contributed by atoms with van der Waals surface area (Å²) in [4.78, 5) is 25.4. The van der Waals surface area contributed by atoms with Crippen molar-refractivity contribution in [1.29, 1.82) is 0 Å². The van der Waals surface area contributed by atoms with Crippen molar-refractivity contribution in [3.05, 3.63) is 41.5 Å². The Morgan fingerprint density at radius 2 is 2.07 bits per heavy atom. The molecule has 2 aromatic heterocycles. The minimum Gasteiger partial charge on any atom is -0.348 e. The molecule has 2 atom stereocenters. The molecule has 2 bridgehead atoms. The number of hydrogen-bond acceptors (Lipinski definition) is 5. The number of benzene rings is 1. The fourth-order valence-electron chi connectivity index (χ4n) is 4.45. The summed E-state index contributed by atoms with van der Waals surface area (Å²) < 4.78 is 0. The van der Waals surface area contributed by atoms with Crippen molar-refractivity contribution in [3.8, 4) is 0 Å². The van der Waals surface area contributed by atoms with Gasteiger partial charge in [0.15, 0.2) is 0 Å². The highest BCUT2D eigenvalue weighted by Gasteiger charge is 2.37. The molecule has 2 N–H and O–H groups in total. The molecular formula is C19H23N7O. The molecule has 5 heterocycles. The maximum Gasteiger partial charge on any atom is 0.254 e. The first-order chi connectivity index (χ1) is 13.2. The Labute approximate surface area is 157 Å². The number of imidazole rings is 1. The fraction of sp³-hybridized carbons (Fsp3) is 0.474. The summed E-state index contributed by atoms with van der Waals surface area (Å²) >= 11 is 0. The van der Waals surface area contributed by atoms with Gasteiger partial charge >= 0.3 is 0 Å². The van der Waals surface area contributed by atoms with Gasteiger partial charge in [-0.3, -0.25) is 9.69 Å². The maximum absolute atomic E-state index is 13.2. The zero-order valence-electron chi connectivity index (χ0n) is 15.4. The number of piperidine rings is 1. The molecule has 0 spiro atoms. The van der Waals surface area contributed by atoms with Crippen LogP contribution in [0.15, 0.2) is 24.5 Å². The lowest BCUT2D eigenvalue weighted by Gasteiger charge is -2.36. The van der Waals surface area contributed by atoms with Crippen LogP contribution >= 0.6 is 0 Å². The molecule has 3 aliphatic heterocycles. The Hall–Kier alpha value is -2.74. The zero-order valence-corrected chi connectivity index (χ0v) is 15.4. The van der Waals surface area contributed by atoms with Gasteiger partial charge in [0.2, 0.25) is 0 Å². The third-order valence-corrected chi connectivity index (χ3v) is 5.92. The van der Waals surface area contributed by atoms with Crippen molar-refractivity contribution in [3.63, 3.8) is 0 Å². The van der Waals surface area contributed by atoms with Crippen molar-refractivity contribution in [1.82, 2.24) is 35.2 Å². The predicted molar refractivity (Wildman–Crippen MR) is 100 cm³/mol. The summed E-state index contributed by atoms with van der Waals surface area (Å²) in [6, 6.07) is 5.80. The second-order valence-corrected chi connectivity index (χ2v) is 7.75. The second kappa shape index (κ2) is 6.45. The van der Waals surface area contributed by atoms with Crippen LogP contribution in [0.5, 0.6) is 0 Å².